The molecular formula is C31H36O8. The van der Waals surface area contributed by atoms with Crippen LogP contribution in [0.25, 0.3) is 0 Å². The Balaban J connectivity index is 1.32. The Kier molecular flexibility index (Phi) is 7.77. The lowest BCUT2D eigenvalue weighted by Gasteiger charge is -2.24. The van der Waals surface area contributed by atoms with Crippen molar-refractivity contribution >= 4 is 0 Å². The third kappa shape index (κ3) is 5.18. The fraction of sp³-hybridized carbons (Fsp3) is 0.419. The SMILES string of the molecule is COc1ccc([C@@H](O)[C@H](C)Oc2ccc([C@@H]3O[C@H](c4ccc5c(c4)OCO5)[C@H](C)[C@@H]3C)cc2OC)cc1OC. The molecule has 2 aliphatic rings. The number of ether oxygens (including phenoxy) is 7. The van der Waals surface area contributed by atoms with E-state index in [0.29, 0.717) is 28.6 Å². The van der Waals surface area contributed by atoms with Crippen molar-refractivity contribution in [2.45, 2.75) is 45.2 Å². The second kappa shape index (κ2) is 11.2. The molecule has 6 atom stereocenters. The molecular weight excluding hydrogens is 500 g/mol. The predicted molar refractivity (Wildman–Crippen MR) is 145 cm³/mol. The molecule has 0 amide bonds. The Hall–Kier alpha value is -3.62. The third-order valence-corrected chi connectivity index (χ3v) is 7.83. The van der Waals surface area contributed by atoms with Crippen LogP contribution in [0.5, 0.6) is 34.5 Å². The van der Waals surface area contributed by atoms with Gasteiger partial charge in [0.05, 0.1) is 33.5 Å². The second-order valence-corrected chi connectivity index (χ2v) is 10.1. The number of aliphatic hydroxyl groups excluding tert-OH is 1. The van der Waals surface area contributed by atoms with Crippen molar-refractivity contribution in [1.82, 2.24) is 0 Å². The normalized spacial score (nSPS) is 23.3. The molecule has 0 unspecified atom stereocenters. The molecule has 0 aliphatic carbocycles. The van der Waals surface area contributed by atoms with Crippen molar-refractivity contribution in [2.75, 3.05) is 28.1 Å². The molecule has 0 spiro atoms. The first-order chi connectivity index (χ1) is 18.8. The average molecular weight is 537 g/mol. The molecule has 208 valence electrons. The van der Waals surface area contributed by atoms with E-state index in [0.717, 1.165) is 22.6 Å². The monoisotopic (exact) mass is 536 g/mol. The molecule has 8 nitrogen and oxygen atoms in total. The van der Waals surface area contributed by atoms with Crippen molar-refractivity contribution in [3.63, 3.8) is 0 Å². The molecule has 1 saturated heterocycles. The maximum absolute atomic E-state index is 11.0. The van der Waals surface area contributed by atoms with E-state index in [1.807, 2.05) is 43.3 Å². The van der Waals surface area contributed by atoms with E-state index in [1.54, 1.807) is 39.5 Å². The molecule has 0 saturated carbocycles. The molecule has 0 bridgehead atoms. The molecule has 1 N–H and O–H groups in total. The van der Waals surface area contributed by atoms with E-state index in [1.165, 1.54) is 0 Å². The summed E-state index contributed by atoms with van der Waals surface area (Å²) >= 11 is 0. The first-order valence-corrected chi connectivity index (χ1v) is 13.1. The number of hydrogen-bond acceptors (Lipinski definition) is 8. The molecule has 0 aromatic heterocycles. The van der Waals surface area contributed by atoms with E-state index in [9.17, 15) is 5.11 Å². The van der Waals surface area contributed by atoms with Crippen LogP contribution in [0.1, 0.15) is 55.8 Å². The highest BCUT2D eigenvalue weighted by molar-refractivity contribution is 5.47. The molecule has 3 aromatic carbocycles. The summed E-state index contributed by atoms with van der Waals surface area (Å²) in [6.07, 6.45) is -1.64. The Bertz CT molecular complexity index is 1310. The Morgan fingerprint density at radius 2 is 1.31 bits per heavy atom. The van der Waals surface area contributed by atoms with Crippen LogP contribution in [0.3, 0.4) is 0 Å². The smallest absolute Gasteiger partial charge is 0.231 e. The van der Waals surface area contributed by atoms with Crippen LogP contribution in [0, 0.1) is 11.8 Å². The lowest BCUT2D eigenvalue weighted by molar-refractivity contribution is 0.0285. The summed E-state index contributed by atoms with van der Waals surface area (Å²) in [5, 5.41) is 11.0. The van der Waals surface area contributed by atoms with Crippen molar-refractivity contribution in [2.24, 2.45) is 11.8 Å². The number of rotatable bonds is 9. The van der Waals surface area contributed by atoms with Gasteiger partial charge < -0.3 is 38.3 Å². The van der Waals surface area contributed by atoms with Gasteiger partial charge in [-0.2, -0.15) is 0 Å². The highest BCUT2D eigenvalue weighted by Crippen LogP contribution is 2.51. The van der Waals surface area contributed by atoms with Crippen LogP contribution in [-0.4, -0.2) is 39.3 Å². The first-order valence-electron chi connectivity index (χ1n) is 13.1. The lowest BCUT2D eigenvalue weighted by Crippen LogP contribution is -2.22. The van der Waals surface area contributed by atoms with E-state index in [2.05, 4.69) is 13.8 Å². The molecule has 8 heteroatoms. The first kappa shape index (κ1) is 27.0. The zero-order valence-corrected chi connectivity index (χ0v) is 23.2. The van der Waals surface area contributed by atoms with Crippen LogP contribution < -0.4 is 28.4 Å². The molecule has 39 heavy (non-hydrogen) atoms. The average Bonchev–Trinajstić information content (AvgIpc) is 3.56. The van der Waals surface area contributed by atoms with Gasteiger partial charge >= 0.3 is 0 Å². The van der Waals surface area contributed by atoms with Crippen LogP contribution in [-0.2, 0) is 4.74 Å². The quantitative estimate of drug-likeness (QED) is 0.355. The minimum absolute atomic E-state index is 0.0712. The van der Waals surface area contributed by atoms with Crippen molar-refractivity contribution < 1.29 is 38.3 Å². The fourth-order valence-electron chi connectivity index (χ4n) is 5.34. The van der Waals surface area contributed by atoms with Gasteiger partial charge in [-0.3, -0.25) is 0 Å². The number of aliphatic hydroxyl groups is 1. The van der Waals surface area contributed by atoms with Gasteiger partial charge in [-0.05, 0) is 71.8 Å². The third-order valence-electron chi connectivity index (χ3n) is 7.83. The second-order valence-electron chi connectivity index (χ2n) is 10.1. The summed E-state index contributed by atoms with van der Waals surface area (Å²) in [6.45, 7) is 6.48. The largest absolute Gasteiger partial charge is 0.493 e. The van der Waals surface area contributed by atoms with Gasteiger partial charge in [-0.1, -0.05) is 32.0 Å². The summed E-state index contributed by atoms with van der Waals surface area (Å²) < 4.78 is 40.2. The maximum Gasteiger partial charge on any atom is 0.231 e. The minimum atomic E-state index is -0.893. The van der Waals surface area contributed by atoms with Gasteiger partial charge in [0, 0.05) is 0 Å². The summed E-state index contributed by atoms with van der Waals surface area (Å²) in [4.78, 5) is 0. The number of methoxy groups -OCH3 is 3. The Labute approximate surface area is 229 Å². The topological polar surface area (TPSA) is 84.8 Å². The molecule has 2 aliphatic heterocycles. The highest BCUT2D eigenvalue weighted by atomic mass is 16.7. The van der Waals surface area contributed by atoms with Gasteiger partial charge in [0.1, 0.15) is 12.2 Å². The zero-order chi connectivity index (χ0) is 27.7. The molecule has 0 radical (unpaired) electrons. The summed E-state index contributed by atoms with van der Waals surface area (Å²) in [5.74, 6) is 4.33. The number of hydrogen-bond donors (Lipinski definition) is 1. The van der Waals surface area contributed by atoms with Gasteiger partial charge in [-0.25, -0.2) is 0 Å². The molecule has 5 rings (SSSR count). The van der Waals surface area contributed by atoms with Crippen molar-refractivity contribution in [3.8, 4) is 34.5 Å². The van der Waals surface area contributed by atoms with Crippen LogP contribution in [0.4, 0.5) is 0 Å². The molecule has 3 aromatic rings. The molecule has 1 fully saturated rings. The highest BCUT2D eigenvalue weighted by Gasteiger charge is 2.41. The summed E-state index contributed by atoms with van der Waals surface area (Å²) in [5.41, 5.74) is 2.74. The van der Waals surface area contributed by atoms with Gasteiger partial charge in [-0.15, -0.1) is 0 Å². The fourth-order valence-corrected chi connectivity index (χ4v) is 5.34. The zero-order valence-electron chi connectivity index (χ0n) is 23.2. The Morgan fingerprint density at radius 3 is 2.00 bits per heavy atom. The lowest BCUT2D eigenvalue weighted by atomic mass is 9.85. The summed E-state index contributed by atoms with van der Waals surface area (Å²) in [6, 6.07) is 17.2. The van der Waals surface area contributed by atoms with E-state index >= 15 is 0 Å². The van der Waals surface area contributed by atoms with E-state index in [-0.39, 0.29) is 30.8 Å². The van der Waals surface area contributed by atoms with E-state index < -0.39 is 12.2 Å². The molecule has 2 heterocycles. The van der Waals surface area contributed by atoms with Crippen LogP contribution >= 0.6 is 0 Å². The van der Waals surface area contributed by atoms with Gasteiger partial charge in [0.15, 0.2) is 34.5 Å². The van der Waals surface area contributed by atoms with Gasteiger partial charge in [0.2, 0.25) is 6.79 Å². The Morgan fingerprint density at radius 1 is 0.718 bits per heavy atom. The minimum Gasteiger partial charge on any atom is -0.493 e. The maximum atomic E-state index is 11.0. The summed E-state index contributed by atoms with van der Waals surface area (Å²) in [7, 11) is 4.75. The number of benzene rings is 3. The number of fused-ring (bicyclic) bond motifs is 1. The van der Waals surface area contributed by atoms with Gasteiger partial charge in [0.25, 0.3) is 0 Å². The van der Waals surface area contributed by atoms with Crippen molar-refractivity contribution in [1.29, 1.82) is 0 Å². The standard InChI is InChI=1S/C31H36O8/c1-17-18(2)31(22-8-11-24-28(15-22)37-16-36-24)39-30(17)21-9-12-25(27(14-21)35-6)38-19(3)29(32)20-7-10-23(33-4)26(13-20)34-5/h7-15,17-19,29-32H,16H2,1-6H3/t17-,18+,19-,29-,30+,31-/m0/s1. The van der Waals surface area contributed by atoms with Crippen LogP contribution in [0.15, 0.2) is 54.6 Å². The van der Waals surface area contributed by atoms with E-state index in [4.69, 9.17) is 33.2 Å². The van der Waals surface area contributed by atoms with Crippen molar-refractivity contribution in [3.05, 3.63) is 71.3 Å². The van der Waals surface area contributed by atoms with Crippen LogP contribution in [0.2, 0.25) is 0 Å². The predicted octanol–water partition coefficient (Wildman–Crippen LogP) is 6.03.